The molecular weight excluding hydrogens is 409 g/mol. The predicted octanol–water partition coefficient (Wildman–Crippen LogP) is 3.32. The van der Waals surface area contributed by atoms with E-state index in [9.17, 15) is 22.8 Å². The summed E-state index contributed by atoms with van der Waals surface area (Å²) in [5.74, 6) is -1.14. The van der Waals surface area contributed by atoms with E-state index in [1.54, 1.807) is 6.07 Å². The summed E-state index contributed by atoms with van der Waals surface area (Å²) in [6.07, 6.45) is -4.55. The Hall–Kier alpha value is -2.59. The number of rotatable bonds is 5. The fraction of sp³-hybridized carbons (Fsp3) is 0.368. The number of methoxy groups -OCH3 is 1. The fourth-order valence-corrected chi connectivity index (χ4v) is 3.77. The van der Waals surface area contributed by atoms with Gasteiger partial charge < -0.3 is 19.7 Å². The molecule has 0 saturated carbocycles. The molecule has 1 aliphatic rings. The van der Waals surface area contributed by atoms with Gasteiger partial charge in [0.2, 0.25) is 0 Å². The number of hydrogen-bond acceptors (Lipinski definition) is 6. The molecule has 0 atom stereocenters. The molecular formula is C19H19F3N2O4S. The van der Waals surface area contributed by atoms with Crippen LogP contribution in [0.15, 0.2) is 30.3 Å². The standard InChI is InChI=1S/C19H19F3N2O4S/c1-27-18(26)16-5-4-15(29-16)17(25)23-11-12-2-3-13(10-14(12)19(20,21)22)24-6-8-28-9-7-24/h2-5,10H,6-9,11H2,1H3,(H,23,25). The Morgan fingerprint density at radius 2 is 1.86 bits per heavy atom. The van der Waals surface area contributed by atoms with Crippen LogP contribution >= 0.6 is 11.3 Å². The number of anilines is 1. The highest BCUT2D eigenvalue weighted by atomic mass is 32.1. The third-order valence-corrected chi connectivity index (χ3v) is 5.49. The molecule has 0 spiro atoms. The molecule has 10 heteroatoms. The topological polar surface area (TPSA) is 67.9 Å². The van der Waals surface area contributed by atoms with Crippen LogP contribution in [0.25, 0.3) is 0 Å². The van der Waals surface area contributed by atoms with Crippen LogP contribution in [0.3, 0.4) is 0 Å². The molecule has 0 unspecified atom stereocenters. The van der Waals surface area contributed by atoms with Gasteiger partial charge in [-0.2, -0.15) is 13.2 Å². The summed E-state index contributed by atoms with van der Waals surface area (Å²) in [5, 5.41) is 2.48. The average Bonchev–Trinajstić information content (AvgIpc) is 3.21. The highest BCUT2D eigenvalue weighted by molar-refractivity contribution is 7.15. The number of esters is 1. The maximum atomic E-state index is 13.6. The zero-order chi connectivity index (χ0) is 21.0. The molecule has 1 aromatic heterocycles. The number of nitrogens with zero attached hydrogens (tertiary/aromatic N) is 1. The minimum atomic E-state index is -4.55. The van der Waals surface area contributed by atoms with Crippen LogP contribution in [0.4, 0.5) is 18.9 Å². The number of benzene rings is 1. The van der Waals surface area contributed by atoms with Crippen molar-refractivity contribution in [3.8, 4) is 0 Å². The molecule has 2 aromatic rings. The molecule has 1 aromatic carbocycles. The van der Waals surface area contributed by atoms with Crippen molar-refractivity contribution in [3.05, 3.63) is 51.2 Å². The van der Waals surface area contributed by atoms with Gasteiger partial charge in [-0.25, -0.2) is 4.79 Å². The van der Waals surface area contributed by atoms with Crippen LogP contribution in [0.1, 0.15) is 30.5 Å². The van der Waals surface area contributed by atoms with E-state index in [4.69, 9.17) is 4.74 Å². The normalized spacial score (nSPS) is 14.6. The van der Waals surface area contributed by atoms with Crippen molar-refractivity contribution >= 4 is 28.9 Å². The van der Waals surface area contributed by atoms with Gasteiger partial charge in [0.25, 0.3) is 5.91 Å². The monoisotopic (exact) mass is 428 g/mol. The molecule has 0 bridgehead atoms. The number of carbonyl (C=O) groups is 2. The Labute approximate surface area is 169 Å². The summed E-state index contributed by atoms with van der Waals surface area (Å²) >= 11 is 0.912. The number of hydrogen-bond donors (Lipinski definition) is 1. The zero-order valence-electron chi connectivity index (χ0n) is 15.5. The van der Waals surface area contributed by atoms with Crippen LogP contribution in [-0.4, -0.2) is 45.3 Å². The smallest absolute Gasteiger partial charge is 0.416 e. The zero-order valence-corrected chi connectivity index (χ0v) is 16.4. The van der Waals surface area contributed by atoms with Gasteiger partial charge in [-0.15, -0.1) is 11.3 Å². The molecule has 0 radical (unpaired) electrons. The maximum absolute atomic E-state index is 13.6. The highest BCUT2D eigenvalue weighted by Gasteiger charge is 2.34. The molecule has 1 fully saturated rings. The van der Waals surface area contributed by atoms with Gasteiger partial charge in [0.15, 0.2) is 0 Å². The Morgan fingerprint density at radius 3 is 2.52 bits per heavy atom. The number of ether oxygens (including phenoxy) is 2. The molecule has 2 heterocycles. The van der Waals surface area contributed by atoms with Gasteiger partial charge in [0.05, 0.1) is 30.8 Å². The molecule has 29 heavy (non-hydrogen) atoms. The Morgan fingerprint density at radius 1 is 1.17 bits per heavy atom. The average molecular weight is 428 g/mol. The molecule has 6 nitrogen and oxygen atoms in total. The number of halogens is 3. The van der Waals surface area contributed by atoms with Gasteiger partial charge in [0, 0.05) is 25.3 Å². The summed E-state index contributed by atoms with van der Waals surface area (Å²) in [4.78, 5) is 26.0. The molecule has 156 valence electrons. The quantitative estimate of drug-likeness (QED) is 0.740. The third-order valence-electron chi connectivity index (χ3n) is 4.43. The molecule has 1 saturated heterocycles. The second kappa shape index (κ2) is 8.83. The number of alkyl halides is 3. The van der Waals surface area contributed by atoms with E-state index in [0.717, 1.165) is 17.4 Å². The second-order valence-electron chi connectivity index (χ2n) is 6.28. The van der Waals surface area contributed by atoms with Crippen LogP contribution in [-0.2, 0) is 22.2 Å². The lowest BCUT2D eigenvalue weighted by atomic mass is 10.0. The largest absolute Gasteiger partial charge is 0.465 e. The molecule has 3 rings (SSSR count). The van der Waals surface area contributed by atoms with E-state index in [-0.39, 0.29) is 21.9 Å². The molecule has 0 aliphatic carbocycles. The van der Waals surface area contributed by atoms with E-state index >= 15 is 0 Å². The van der Waals surface area contributed by atoms with Gasteiger partial charge >= 0.3 is 12.1 Å². The van der Waals surface area contributed by atoms with Crippen molar-refractivity contribution in [2.24, 2.45) is 0 Å². The number of morpholine rings is 1. The summed E-state index contributed by atoms with van der Waals surface area (Å²) in [7, 11) is 1.22. The number of carbonyl (C=O) groups excluding carboxylic acids is 2. The minimum Gasteiger partial charge on any atom is -0.465 e. The van der Waals surface area contributed by atoms with Crippen molar-refractivity contribution in [1.29, 1.82) is 0 Å². The Kier molecular flexibility index (Phi) is 6.43. The fourth-order valence-electron chi connectivity index (χ4n) is 2.93. The van der Waals surface area contributed by atoms with Gasteiger partial charge in [0.1, 0.15) is 4.88 Å². The van der Waals surface area contributed by atoms with E-state index < -0.39 is 23.6 Å². The van der Waals surface area contributed by atoms with Crippen LogP contribution in [0, 0.1) is 0 Å². The first-order chi connectivity index (χ1) is 13.8. The van der Waals surface area contributed by atoms with Crippen LogP contribution in [0.2, 0.25) is 0 Å². The first-order valence-corrected chi connectivity index (χ1v) is 9.60. The number of amides is 1. The maximum Gasteiger partial charge on any atom is 0.416 e. The highest BCUT2D eigenvalue weighted by Crippen LogP contribution is 2.35. The summed E-state index contributed by atoms with van der Waals surface area (Å²) < 4.78 is 50.5. The van der Waals surface area contributed by atoms with Crippen molar-refractivity contribution in [2.45, 2.75) is 12.7 Å². The van der Waals surface area contributed by atoms with Crippen molar-refractivity contribution in [1.82, 2.24) is 5.32 Å². The summed E-state index contributed by atoms with van der Waals surface area (Å²) in [6.45, 7) is 1.69. The third kappa shape index (κ3) is 5.07. The summed E-state index contributed by atoms with van der Waals surface area (Å²) in [6, 6.07) is 6.96. The Bertz CT molecular complexity index is 892. The van der Waals surface area contributed by atoms with E-state index in [2.05, 4.69) is 10.1 Å². The number of thiophene rings is 1. The van der Waals surface area contributed by atoms with Gasteiger partial charge in [-0.1, -0.05) is 6.07 Å². The van der Waals surface area contributed by atoms with Crippen LogP contribution < -0.4 is 10.2 Å². The lowest BCUT2D eigenvalue weighted by Crippen LogP contribution is -2.36. The summed E-state index contributed by atoms with van der Waals surface area (Å²) in [5.41, 5.74) is -0.354. The number of nitrogens with one attached hydrogen (secondary N) is 1. The lowest BCUT2D eigenvalue weighted by Gasteiger charge is -2.29. The Balaban J connectivity index is 1.74. The lowest BCUT2D eigenvalue weighted by molar-refractivity contribution is -0.138. The van der Waals surface area contributed by atoms with Crippen LogP contribution in [0.5, 0.6) is 0 Å². The van der Waals surface area contributed by atoms with Crippen molar-refractivity contribution < 1.29 is 32.2 Å². The van der Waals surface area contributed by atoms with Gasteiger partial charge in [-0.3, -0.25) is 4.79 Å². The molecule has 1 amide bonds. The molecule has 1 N–H and O–H groups in total. The van der Waals surface area contributed by atoms with Crippen molar-refractivity contribution in [3.63, 3.8) is 0 Å². The van der Waals surface area contributed by atoms with E-state index in [1.807, 2.05) is 4.90 Å². The second-order valence-corrected chi connectivity index (χ2v) is 7.36. The first kappa shape index (κ1) is 21.1. The van der Waals surface area contributed by atoms with Gasteiger partial charge in [-0.05, 0) is 29.8 Å². The first-order valence-electron chi connectivity index (χ1n) is 8.79. The molecule has 1 aliphatic heterocycles. The van der Waals surface area contributed by atoms with Crippen molar-refractivity contribution in [2.75, 3.05) is 38.3 Å². The predicted molar refractivity (Wildman–Crippen MR) is 101 cm³/mol. The van der Waals surface area contributed by atoms with E-state index in [0.29, 0.717) is 32.0 Å². The minimum absolute atomic E-state index is 0.0346. The van der Waals surface area contributed by atoms with E-state index in [1.165, 1.54) is 25.3 Å². The SMILES string of the molecule is COC(=O)c1ccc(C(=O)NCc2ccc(N3CCOCC3)cc2C(F)(F)F)s1.